The van der Waals surface area contributed by atoms with E-state index in [2.05, 4.69) is 54.5 Å². The molecule has 0 bridgehead atoms. The average molecular weight is 1080 g/mol. The lowest BCUT2D eigenvalue weighted by Gasteiger charge is -2.71. The number of aliphatic hydroxyl groups excluding tert-OH is 13. The Bertz CT molecular complexity index is 2040. The summed E-state index contributed by atoms with van der Waals surface area (Å²) in [7, 11) is 0. The lowest BCUT2D eigenvalue weighted by molar-refractivity contribution is -0.395. The van der Waals surface area contributed by atoms with Crippen molar-refractivity contribution in [3.63, 3.8) is 0 Å². The highest BCUT2D eigenvalue weighted by Gasteiger charge is 2.71. The van der Waals surface area contributed by atoms with Crippen molar-refractivity contribution in [3.05, 3.63) is 11.6 Å². The standard InChI is InChI=1S/C53H86O22/c1-22-10-15-53(48(67)75-46-41(66)38(63)35(60)27(19-55)70-46)17-16-51(6)24(32(53)23(22)2)8-9-30-50(5)13-12-31(49(3,4)29(50)11-14-52(30,51)7)72-47-43(74-44-39(64)33(58)25(57)21-68-44)42(36(61)28(20-56)71-47)73-45-40(65)37(62)34(59)26(18-54)69-45/h8,22-23,25-47,54-66H,9-21H2,1-7H3. The van der Waals surface area contributed by atoms with Gasteiger partial charge >= 0.3 is 5.97 Å². The quantitative estimate of drug-likeness (QED) is 0.0633. The van der Waals surface area contributed by atoms with E-state index in [9.17, 15) is 71.2 Å². The molecule has 0 spiro atoms. The topological polar surface area (TPSA) is 354 Å². The van der Waals surface area contributed by atoms with E-state index in [0.29, 0.717) is 31.6 Å². The molecule has 22 heteroatoms. The van der Waals surface area contributed by atoms with Crippen molar-refractivity contribution in [3.8, 4) is 0 Å². The van der Waals surface area contributed by atoms with Gasteiger partial charge < -0.3 is 104 Å². The number of hydrogen-bond donors (Lipinski definition) is 13. The van der Waals surface area contributed by atoms with E-state index in [1.54, 1.807) is 0 Å². The Morgan fingerprint density at radius 1 is 0.587 bits per heavy atom. The molecule has 0 amide bonds. The van der Waals surface area contributed by atoms with E-state index in [4.69, 9.17) is 37.9 Å². The molecule has 8 fully saturated rings. The molecule has 0 aromatic rings. The van der Waals surface area contributed by atoms with Crippen molar-refractivity contribution in [2.24, 2.45) is 56.7 Å². The summed E-state index contributed by atoms with van der Waals surface area (Å²) in [6, 6.07) is 0. The summed E-state index contributed by atoms with van der Waals surface area (Å²) in [4.78, 5) is 14.8. The number of allylic oxidation sites excluding steroid dienone is 2. The van der Waals surface area contributed by atoms with E-state index in [1.807, 2.05) is 0 Å². The first kappa shape index (κ1) is 58.1. The van der Waals surface area contributed by atoms with E-state index >= 15 is 0 Å². The zero-order valence-electron chi connectivity index (χ0n) is 44.2. The van der Waals surface area contributed by atoms with Crippen LogP contribution in [-0.4, -0.2) is 222 Å². The Kier molecular flexibility index (Phi) is 16.6. The predicted molar refractivity (Wildman–Crippen MR) is 257 cm³/mol. The first-order valence-electron chi connectivity index (χ1n) is 27.4. The highest BCUT2D eigenvalue weighted by atomic mass is 16.8. The van der Waals surface area contributed by atoms with Gasteiger partial charge in [0.15, 0.2) is 18.9 Å². The van der Waals surface area contributed by atoms with Crippen LogP contribution >= 0.6 is 0 Å². The highest BCUT2D eigenvalue weighted by molar-refractivity contribution is 5.79. The Labute approximate surface area is 437 Å². The van der Waals surface area contributed by atoms with Gasteiger partial charge in [0.25, 0.3) is 0 Å². The molecule has 9 aliphatic rings. The molecule has 29 unspecified atom stereocenters. The van der Waals surface area contributed by atoms with Gasteiger partial charge in [-0.1, -0.05) is 60.1 Å². The summed E-state index contributed by atoms with van der Waals surface area (Å²) in [6.45, 7) is 13.3. The fourth-order valence-corrected chi connectivity index (χ4v) is 16.5. The number of carbonyl (C=O) groups is 1. The second-order valence-corrected chi connectivity index (χ2v) is 25.3. The molecule has 5 aliphatic carbocycles. The molecule has 430 valence electrons. The van der Waals surface area contributed by atoms with Gasteiger partial charge in [-0.2, -0.15) is 0 Å². The van der Waals surface area contributed by atoms with Crippen LogP contribution in [0.4, 0.5) is 0 Å². The molecule has 9 rings (SSSR count). The lowest BCUT2D eigenvalue weighted by atomic mass is 9.33. The van der Waals surface area contributed by atoms with Crippen LogP contribution in [0.3, 0.4) is 0 Å². The smallest absolute Gasteiger partial charge is 0.315 e. The van der Waals surface area contributed by atoms with Crippen molar-refractivity contribution in [2.45, 2.75) is 229 Å². The fourth-order valence-electron chi connectivity index (χ4n) is 16.5. The van der Waals surface area contributed by atoms with Crippen molar-refractivity contribution in [2.75, 3.05) is 26.4 Å². The normalized spacial score (nSPS) is 54.8. The third-order valence-electron chi connectivity index (χ3n) is 21.4. The molecule has 29 atom stereocenters. The summed E-state index contributed by atoms with van der Waals surface area (Å²) < 4.78 is 48.8. The van der Waals surface area contributed by atoms with Crippen LogP contribution < -0.4 is 0 Å². The van der Waals surface area contributed by atoms with Crippen LogP contribution in [0.1, 0.15) is 106 Å². The second-order valence-electron chi connectivity index (χ2n) is 25.3. The van der Waals surface area contributed by atoms with E-state index in [1.165, 1.54) is 5.57 Å². The Balaban J connectivity index is 0.989. The largest absolute Gasteiger partial charge is 0.432 e. The van der Waals surface area contributed by atoms with Crippen molar-refractivity contribution in [1.82, 2.24) is 0 Å². The van der Waals surface area contributed by atoms with Crippen LogP contribution in [0.5, 0.6) is 0 Å². The van der Waals surface area contributed by atoms with Gasteiger partial charge in [-0.15, -0.1) is 0 Å². The molecule has 13 N–H and O–H groups in total. The van der Waals surface area contributed by atoms with Gasteiger partial charge in [0.05, 0.1) is 37.9 Å². The number of fused-ring (bicyclic) bond motifs is 7. The third kappa shape index (κ3) is 9.31. The van der Waals surface area contributed by atoms with Crippen LogP contribution in [-0.2, 0) is 42.7 Å². The first-order chi connectivity index (χ1) is 35.3. The predicted octanol–water partition coefficient (Wildman–Crippen LogP) is -1.54. The Morgan fingerprint density at radius 2 is 1.16 bits per heavy atom. The molecular formula is C53H86O22. The molecule has 4 heterocycles. The number of esters is 1. The van der Waals surface area contributed by atoms with Crippen LogP contribution in [0, 0.1) is 56.7 Å². The Morgan fingerprint density at radius 3 is 1.80 bits per heavy atom. The first-order valence-corrected chi connectivity index (χ1v) is 27.4. The molecule has 0 aromatic heterocycles. The number of carbonyl (C=O) groups excluding carboxylic acids is 1. The SMILES string of the molecule is CC1CCC2(C(=O)OC3OC(CO)C(O)C(O)C3O)CCC3(C)C(=CCC4C5(C)CCC(OC6OC(CO)C(O)C(OC7OC(CO)C(O)C(O)C7O)C6OC6OCC(O)C(O)C6O)C(C)(C)C5CCC43C)C2C1C. The van der Waals surface area contributed by atoms with Gasteiger partial charge in [-0.3, -0.25) is 4.79 Å². The molecule has 75 heavy (non-hydrogen) atoms. The van der Waals surface area contributed by atoms with Gasteiger partial charge in [0.2, 0.25) is 6.29 Å². The summed E-state index contributed by atoms with van der Waals surface area (Å²) >= 11 is 0. The lowest BCUT2D eigenvalue weighted by Crippen LogP contribution is -2.68. The molecule has 0 radical (unpaired) electrons. The molecule has 0 aromatic carbocycles. The number of ether oxygens (including phenoxy) is 8. The summed E-state index contributed by atoms with van der Waals surface area (Å²) in [6.07, 6.45) is -22.7. The van der Waals surface area contributed by atoms with Crippen molar-refractivity contribution >= 4 is 5.97 Å². The summed E-state index contributed by atoms with van der Waals surface area (Å²) in [5.41, 5.74) is -1.03. The number of rotatable bonds is 11. The molecular weight excluding hydrogens is 989 g/mol. The minimum atomic E-state index is -1.90. The van der Waals surface area contributed by atoms with Gasteiger partial charge in [-0.25, -0.2) is 0 Å². The molecule has 4 saturated heterocycles. The molecule has 22 nitrogen and oxygen atoms in total. The fraction of sp³-hybridized carbons (Fsp3) is 0.943. The monoisotopic (exact) mass is 1070 g/mol. The van der Waals surface area contributed by atoms with Crippen molar-refractivity contribution in [1.29, 1.82) is 0 Å². The van der Waals surface area contributed by atoms with Gasteiger partial charge in [-0.05, 0) is 109 Å². The van der Waals surface area contributed by atoms with E-state index in [-0.39, 0.29) is 39.9 Å². The second kappa shape index (κ2) is 21.4. The van der Waals surface area contributed by atoms with E-state index in [0.717, 1.165) is 32.1 Å². The number of aliphatic hydroxyl groups is 13. The minimum Gasteiger partial charge on any atom is -0.432 e. The van der Waals surface area contributed by atoms with Crippen LogP contribution in [0.15, 0.2) is 11.6 Å². The Hall–Kier alpha value is -1.59. The minimum absolute atomic E-state index is 0.0775. The number of hydrogen-bond acceptors (Lipinski definition) is 22. The van der Waals surface area contributed by atoms with E-state index < -0.39 is 166 Å². The maximum Gasteiger partial charge on any atom is 0.315 e. The summed E-state index contributed by atoms with van der Waals surface area (Å²) in [5.74, 6) is -0.0321. The molecule has 4 saturated carbocycles. The van der Waals surface area contributed by atoms with Gasteiger partial charge in [0.1, 0.15) is 91.6 Å². The van der Waals surface area contributed by atoms with Crippen LogP contribution in [0.2, 0.25) is 0 Å². The van der Waals surface area contributed by atoms with Crippen molar-refractivity contribution < 1.29 is 109 Å². The highest BCUT2D eigenvalue weighted by Crippen LogP contribution is 2.76. The maximum absolute atomic E-state index is 14.8. The van der Waals surface area contributed by atoms with Crippen LogP contribution in [0.25, 0.3) is 0 Å². The zero-order chi connectivity index (χ0) is 54.6. The third-order valence-corrected chi connectivity index (χ3v) is 21.4. The molecule has 4 aliphatic heterocycles. The maximum atomic E-state index is 14.8. The average Bonchev–Trinajstić information content (AvgIpc) is 3.37. The van der Waals surface area contributed by atoms with Gasteiger partial charge in [0, 0.05) is 0 Å². The zero-order valence-corrected chi connectivity index (χ0v) is 44.2. The summed E-state index contributed by atoms with van der Waals surface area (Å²) in [5, 5.41) is 138.